The number of anilines is 1. The minimum absolute atomic E-state index is 0.0545. The molecule has 1 atom stereocenters. The number of nitrogens with zero attached hydrogens (tertiary/aromatic N) is 5. The molecule has 0 radical (unpaired) electrons. The van der Waals surface area contributed by atoms with Crippen molar-refractivity contribution in [2.45, 2.75) is 19.3 Å². The van der Waals surface area contributed by atoms with Gasteiger partial charge < -0.3 is 9.80 Å². The average molecular weight is 311 g/mol. The van der Waals surface area contributed by atoms with Crippen molar-refractivity contribution in [3.63, 3.8) is 0 Å². The van der Waals surface area contributed by atoms with E-state index >= 15 is 0 Å². The summed E-state index contributed by atoms with van der Waals surface area (Å²) >= 11 is 0. The quantitative estimate of drug-likeness (QED) is 0.866. The molecule has 1 aliphatic rings. The van der Waals surface area contributed by atoms with Gasteiger partial charge in [-0.25, -0.2) is 4.98 Å². The predicted molar refractivity (Wildman–Crippen MR) is 88.6 cm³/mol. The Bertz CT molecular complexity index is 701. The van der Waals surface area contributed by atoms with Gasteiger partial charge in [0.2, 0.25) is 0 Å². The zero-order valence-electron chi connectivity index (χ0n) is 13.7. The van der Waals surface area contributed by atoms with E-state index in [1.54, 1.807) is 12.4 Å². The van der Waals surface area contributed by atoms with E-state index < -0.39 is 0 Å². The van der Waals surface area contributed by atoms with Crippen LogP contribution < -0.4 is 4.90 Å². The molecule has 3 rings (SSSR count). The lowest BCUT2D eigenvalue weighted by molar-refractivity contribution is 0.0784. The number of rotatable bonds is 3. The van der Waals surface area contributed by atoms with Crippen molar-refractivity contribution < 1.29 is 4.79 Å². The molecule has 2 aromatic heterocycles. The second kappa shape index (κ2) is 6.32. The molecule has 0 spiro atoms. The second-order valence-corrected chi connectivity index (χ2v) is 6.11. The van der Waals surface area contributed by atoms with Crippen LogP contribution in [0.1, 0.15) is 34.2 Å². The fourth-order valence-corrected chi connectivity index (χ4v) is 2.90. The molecule has 1 amide bonds. The molecule has 0 N–H and O–H groups in total. The number of likely N-dealkylation sites (tertiary alicyclic amines) is 1. The first-order chi connectivity index (χ1) is 11.0. The van der Waals surface area contributed by atoms with Crippen LogP contribution in [0.15, 0.2) is 30.7 Å². The summed E-state index contributed by atoms with van der Waals surface area (Å²) in [6.45, 7) is 3.42. The molecule has 0 aromatic carbocycles. The second-order valence-electron chi connectivity index (χ2n) is 6.11. The lowest BCUT2D eigenvalue weighted by Gasteiger charge is -2.18. The van der Waals surface area contributed by atoms with Crippen LogP contribution in [0.2, 0.25) is 0 Å². The number of hydrogen-bond acceptors (Lipinski definition) is 5. The van der Waals surface area contributed by atoms with Gasteiger partial charge in [0, 0.05) is 62.6 Å². The first kappa shape index (κ1) is 15.4. The van der Waals surface area contributed by atoms with Crippen LogP contribution in [0.25, 0.3) is 0 Å². The standard InChI is InChI=1S/C17H21N5O/c1-12-8-14(21(2)3)9-15(20-12)13-4-7-22(11-13)17(23)16-10-18-5-6-19-16/h5-6,8-10,13H,4,7,11H2,1-3H3/t13-/m1/s1. The van der Waals surface area contributed by atoms with E-state index in [2.05, 4.69) is 32.0 Å². The van der Waals surface area contributed by atoms with Crippen LogP contribution in [0.4, 0.5) is 5.69 Å². The van der Waals surface area contributed by atoms with E-state index in [0.717, 1.165) is 30.0 Å². The SMILES string of the molecule is Cc1cc(N(C)C)cc([C@@H]2CCN(C(=O)c3cnccn3)C2)n1. The molecular formula is C17H21N5O. The van der Waals surface area contributed by atoms with E-state index in [1.165, 1.54) is 6.20 Å². The van der Waals surface area contributed by atoms with Crippen LogP contribution in [0.5, 0.6) is 0 Å². The van der Waals surface area contributed by atoms with Gasteiger partial charge in [0.25, 0.3) is 5.91 Å². The molecule has 3 heterocycles. The number of hydrogen-bond donors (Lipinski definition) is 0. The van der Waals surface area contributed by atoms with Gasteiger partial charge in [0.15, 0.2) is 0 Å². The molecule has 0 unspecified atom stereocenters. The van der Waals surface area contributed by atoms with Crippen LogP contribution in [-0.2, 0) is 0 Å². The first-order valence-corrected chi connectivity index (χ1v) is 7.76. The molecule has 0 bridgehead atoms. The Kier molecular flexibility index (Phi) is 4.23. The molecule has 120 valence electrons. The van der Waals surface area contributed by atoms with Gasteiger partial charge in [0.1, 0.15) is 5.69 Å². The van der Waals surface area contributed by atoms with E-state index in [0.29, 0.717) is 12.2 Å². The van der Waals surface area contributed by atoms with Crippen molar-refractivity contribution >= 4 is 11.6 Å². The maximum Gasteiger partial charge on any atom is 0.274 e. The molecule has 1 fully saturated rings. The summed E-state index contributed by atoms with van der Waals surface area (Å²) in [4.78, 5) is 29.1. The smallest absolute Gasteiger partial charge is 0.274 e. The van der Waals surface area contributed by atoms with Crippen LogP contribution in [0.3, 0.4) is 0 Å². The zero-order valence-corrected chi connectivity index (χ0v) is 13.7. The van der Waals surface area contributed by atoms with Crippen molar-refractivity contribution in [3.05, 3.63) is 47.8 Å². The van der Waals surface area contributed by atoms with E-state index in [9.17, 15) is 4.79 Å². The Morgan fingerprint density at radius 2 is 2.13 bits per heavy atom. The van der Waals surface area contributed by atoms with Crippen molar-refractivity contribution in [1.82, 2.24) is 19.9 Å². The van der Waals surface area contributed by atoms with Crippen LogP contribution >= 0.6 is 0 Å². The number of aryl methyl sites for hydroxylation is 1. The summed E-state index contributed by atoms with van der Waals surface area (Å²) in [6, 6.07) is 4.19. The highest BCUT2D eigenvalue weighted by atomic mass is 16.2. The Morgan fingerprint density at radius 1 is 1.30 bits per heavy atom. The maximum absolute atomic E-state index is 12.5. The Labute approximate surface area is 136 Å². The average Bonchev–Trinajstić information content (AvgIpc) is 3.04. The lowest BCUT2D eigenvalue weighted by Crippen LogP contribution is -2.29. The molecule has 23 heavy (non-hydrogen) atoms. The fraction of sp³-hybridized carbons (Fsp3) is 0.412. The highest BCUT2D eigenvalue weighted by molar-refractivity contribution is 5.92. The van der Waals surface area contributed by atoms with Crippen molar-refractivity contribution in [3.8, 4) is 0 Å². The summed E-state index contributed by atoms with van der Waals surface area (Å²) in [6.07, 6.45) is 5.56. The number of aromatic nitrogens is 3. The van der Waals surface area contributed by atoms with Gasteiger partial charge in [-0.2, -0.15) is 0 Å². The largest absolute Gasteiger partial charge is 0.378 e. The number of carbonyl (C=O) groups excluding carboxylic acids is 1. The molecular weight excluding hydrogens is 290 g/mol. The fourth-order valence-electron chi connectivity index (χ4n) is 2.90. The third kappa shape index (κ3) is 3.31. The predicted octanol–water partition coefficient (Wildman–Crippen LogP) is 1.88. The summed E-state index contributed by atoms with van der Waals surface area (Å²) in [5, 5.41) is 0. The topological polar surface area (TPSA) is 62.2 Å². The third-order valence-electron chi connectivity index (χ3n) is 4.15. The molecule has 0 aliphatic carbocycles. The molecule has 0 saturated carbocycles. The summed E-state index contributed by atoms with van der Waals surface area (Å²) in [5.41, 5.74) is 3.61. The third-order valence-corrected chi connectivity index (χ3v) is 4.15. The highest BCUT2D eigenvalue weighted by Gasteiger charge is 2.29. The maximum atomic E-state index is 12.5. The minimum atomic E-state index is -0.0545. The molecule has 1 saturated heterocycles. The normalized spacial score (nSPS) is 17.3. The zero-order chi connectivity index (χ0) is 16.4. The van der Waals surface area contributed by atoms with Crippen molar-refractivity contribution in [2.75, 3.05) is 32.1 Å². The molecule has 6 heteroatoms. The highest BCUT2D eigenvalue weighted by Crippen LogP contribution is 2.29. The van der Waals surface area contributed by atoms with Crippen LogP contribution in [-0.4, -0.2) is 52.9 Å². The van der Waals surface area contributed by atoms with Gasteiger partial charge in [-0.3, -0.25) is 14.8 Å². The Morgan fingerprint density at radius 3 is 2.83 bits per heavy atom. The summed E-state index contributed by atoms with van der Waals surface area (Å²) in [5.74, 6) is 0.218. The first-order valence-electron chi connectivity index (χ1n) is 7.76. The van der Waals surface area contributed by atoms with E-state index in [1.807, 2.05) is 25.9 Å². The van der Waals surface area contributed by atoms with Crippen LogP contribution in [0, 0.1) is 6.92 Å². The van der Waals surface area contributed by atoms with E-state index in [4.69, 9.17) is 0 Å². The van der Waals surface area contributed by atoms with Gasteiger partial charge in [0.05, 0.1) is 6.20 Å². The Balaban J connectivity index is 1.76. The number of pyridine rings is 1. The summed E-state index contributed by atoms with van der Waals surface area (Å²) < 4.78 is 0. The van der Waals surface area contributed by atoms with Gasteiger partial charge in [-0.1, -0.05) is 0 Å². The molecule has 1 aliphatic heterocycles. The molecule has 2 aromatic rings. The van der Waals surface area contributed by atoms with Crippen molar-refractivity contribution in [2.24, 2.45) is 0 Å². The minimum Gasteiger partial charge on any atom is -0.378 e. The summed E-state index contributed by atoms with van der Waals surface area (Å²) in [7, 11) is 4.05. The number of carbonyl (C=O) groups is 1. The van der Waals surface area contributed by atoms with Gasteiger partial charge in [-0.15, -0.1) is 0 Å². The van der Waals surface area contributed by atoms with Gasteiger partial charge in [-0.05, 0) is 25.5 Å². The monoisotopic (exact) mass is 311 g/mol. The van der Waals surface area contributed by atoms with E-state index in [-0.39, 0.29) is 11.8 Å². The van der Waals surface area contributed by atoms with Gasteiger partial charge >= 0.3 is 0 Å². The molecule has 6 nitrogen and oxygen atoms in total. The Hall–Kier alpha value is -2.50. The van der Waals surface area contributed by atoms with Crippen molar-refractivity contribution in [1.29, 1.82) is 0 Å². The number of amides is 1. The lowest BCUT2D eigenvalue weighted by atomic mass is 10.0.